The maximum atomic E-state index is 13.2. The summed E-state index contributed by atoms with van der Waals surface area (Å²) in [5, 5.41) is 0. The van der Waals surface area contributed by atoms with Crippen LogP contribution in [0.5, 0.6) is 0 Å². The molecule has 0 bridgehead atoms. The Morgan fingerprint density at radius 3 is 3.00 bits per heavy atom. The van der Waals surface area contributed by atoms with E-state index in [1.807, 2.05) is 6.92 Å². The van der Waals surface area contributed by atoms with Crippen molar-refractivity contribution in [3.8, 4) is 0 Å². The Morgan fingerprint density at radius 1 is 1.50 bits per heavy atom. The van der Waals surface area contributed by atoms with Gasteiger partial charge < -0.3 is 4.57 Å². The first-order valence-electron chi connectivity index (χ1n) is 5.64. The first-order chi connectivity index (χ1) is 8.63. The summed E-state index contributed by atoms with van der Waals surface area (Å²) in [5.41, 5.74) is 0.290. The van der Waals surface area contributed by atoms with E-state index in [4.69, 9.17) is 0 Å². The average Bonchev–Trinajstić information content (AvgIpc) is 2.80. The smallest absolute Gasteiger partial charge is 0.229 e. The fraction of sp³-hybridized carbons (Fsp3) is 0.231. The number of aryl methyl sites for hydroxylation is 1. The fourth-order valence-electron chi connectivity index (χ4n) is 1.73. The van der Waals surface area contributed by atoms with E-state index >= 15 is 0 Å². The molecule has 18 heavy (non-hydrogen) atoms. The summed E-state index contributed by atoms with van der Waals surface area (Å²) >= 11 is 3.26. The predicted octanol–water partition coefficient (Wildman–Crippen LogP) is 3.43. The predicted molar refractivity (Wildman–Crippen MR) is 70.1 cm³/mol. The average molecular weight is 311 g/mol. The van der Waals surface area contributed by atoms with Crippen LogP contribution in [0.25, 0.3) is 0 Å². The molecule has 1 aromatic heterocycles. The van der Waals surface area contributed by atoms with Crippen molar-refractivity contribution >= 4 is 21.7 Å². The molecule has 94 valence electrons. The van der Waals surface area contributed by atoms with E-state index in [0.29, 0.717) is 22.4 Å². The van der Waals surface area contributed by atoms with Crippen LogP contribution in [0.1, 0.15) is 29.5 Å². The van der Waals surface area contributed by atoms with Crippen LogP contribution >= 0.6 is 15.9 Å². The van der Waals surface area contributed by atoms with E-state index in [2.05, 4.69) is 20.9 Å². The first-order valence-corrected chi connectivity index (χ1v) is 6.43. The second kappa shape index (κ2) is 5.44. The number of benzene rings is 1. The largest absolute Gasteiger partial charge is 0.328 e. The van der Waals surface area contributed by atoms with E-state index < -0.39 is 5.82 Å². The molecule has 0 N–H and O–H groups in total. The number of imidazole rings is 1. The third-order valence-electron chi connectivity index (χ3n) is 2.56. The number of hydrogen-bond acceptors (Lipinski definition) is 2. The van der Waals surface area contributed by atoms with Crippen molar-refractivity contribution in [2.24, 2.45) is 0 Å². The standard InChI is InChI=1S/C13H12BrFN2O/c1-2-6-17-7-5-16-13(17)12(18)10-8-9(15)3-4-11(10)14/h3-5,7-8H,2,6H2,1H3. The molecule has 0 aliphatic carbocycles. The molecule has 0 atom stereocenters. The lowest BCUT2D eigenvalue weighted by molar-refractivity contribution is 0.102. The minimum absolute atomic E-state index is 0.278. The Labute approximate surface area is 113 Å². The summed E-state index contributed by atoms with van der Waals surface area (Å²) in [4.78, 5) is 16.3. The normalized spacial score (nSPS) is 10.6. The molecule has 0 saturated heterocycles. The molecular formula is C13H12BrFN2O. The van der Waals surface area contributed by atoms with E-state index in [1.54, 1.807) is 17.0 Å². The zero-order valence-electron chi connectivity index (χ0n) is 9.86. The molecule has 0 saturated carbocycles. The maximum Gasteiger partial charge on any atom is 0.229 e. The van der Waals surface area contributed by atoms with Gasteiger partial charge in [0.1, 0.15) is 5.82 Å². The molecule has 2 rings (SSSR count). The molecule has 0 radical (unpaired) electrons. The third-order valence-corrected chi connectivity index (χ3v) is 3.25. The van der Waals surface area contributed by atoms with Crippen LogP contribution in [0.3, 0.4) is 0 Å². The number of carbonyl (C=O) groups excluding carboxylic acids is 1. The van der Waals surface area contributed by atoms with Gasteiger partial charge in [-0.3, -0.25) is 4.79 Å². The van der Waals surface area contributed by atoms with Crippen molar-refractivity contribution in [2.75, 3.05) is 0 Å². The Kier molecular flexibility index (Phi) is 3.91. The highest BCUT2D eigenvalue weighted by Crippen LogP contribution is 2.20. The van der Waals surface area contributed by atoms with Crippen molar-refractivity contribution in [3.05, 3.63) is 52.3 Å². The summed E-state index contributed by atoms with van der Waals surface area (Å²) in [6.07, 6.45) is 4.24. The van der Waals surface area contributed by atoms with Gasteiger partial charge in [0, 0.05) is 29.0 Å². The van der Waals surface area contributed by atoms with Crippen LogP contribution in [-0.4, -0.2) is 15.3 Å². The van der Waals surface area contributed by atoms with Gasteiger partial charge in [-0.1, -0.05) is 22.9 Å². The molecule has 0 fully saturated rings. The highest BCUT2D eigenvalue weighted by atomic mass is 79.9. The zero-order valence-corrected chi connectivity index (χ0v) is 11.4. The summed E-state index contributed by atoms with van der Waals surface area (Å²) in [7, 11) is 0. The highest BCUT2D eigenvalue weighted by Gasteiger charge is 2.18. The van der Waals surface area contributed by atoms with E-state index in [9.17, 15) is 9.18 Å². The lowest BCUT2D eigenvalue weighted by Crippen LogP contribution is -2.12. The number of nitrogens with zero attached hydrogens (tertiary/aromatic N) is 2. The van der Waals surface area contributed by atoms with Gasteiger partial charge in [-0.2, -0.15) is 0 Å². The Balaban J connectivity index is 2.41. The van der Waals surface area contributed by atoms with Crippen LogP contribution in [-0.2, 0) is 6.54 Å². The van der Waals surface area contributed by atoms with Gasteiger partial charge in [-0.05, 0) is 24.6 Å². The topological polar surface area (TPSA) is 34.9 Å². The Morgan fingerprint density at radius 2 is 2.28 bits per heavy atom. The summed E-state index contributed by atoms with van der Waals surface area (Å²) in [5.74, 6) is -0.377. The molecule has 1 heterocycles. The van der Waals surface area contributed by atoms with Crippen molar-refractivity contribution in [1.29, 1.82) is 0 Å². The van der Waals surface area contributed by atoms with Gasteiger partial charge in [-0.15, -0.1) is 0 Å². The highest BCUT2D eigenvalue weighted by molar-refractivity contribution is 9.10. The minimum Gasteiger partial charge on any atom is -0.328 e. The molecule has 3 nitrogen and oxygen atoms in total. The Bertz CT molecular complexity index is 580. The molecule has 0 spiro atoms. The van der Waals surface area contributed by atoms with Crippen molar-refractivity contribution in [1.82, 2.24) is 9.55 Å². The van der Waals surface area contributed by atoms with Crippen molar-refractivity contribution in [3.63, 3.8) is 0 Å². The monoisotopic (exact) mass is 310 g/mol. The van der Waals surface area contributed by atoms with Crippen molar-refractivity contribution in [2.45, 2.75) is 19.9 Å². The van der Waals surface area contributed by atoms with Gasteiger partial charge in [-0.25, -0.2) is 9.37 Å². The molecule has 2 aromatic rings. The lowest BCUT2D eigenvalue weighted by Gasteiger charge is -2.06. The van der Waals surface area contributed by atoms with E-state index in [-0.39, 0.29) is 5.78 Å². The molecular weight excluding hydrogens is 299 g/mol. The van der Waals surface area contributed by atoms with E-state index in [0.717, 1.165) is 6.42 Å². The molecule has 1 aromatic carbocycles. The molecule has 0 unspecified atom stereocenters. The summed E-state index contributed by atoms with van der Waals surface area (Å²) < 4.78 is 15.5. The van der Waals surface area contributed by atoms with Gasteiger partial charge in [0.2, 0.25) is 5.78 Å². The number of aromatic nitrogens is 2. The molecule has 0 aliphatic heterocycles. The Hall–Kier alpha value is -1.49. The third kappa shape index (κ3) is 2.51. The number of hydrogen-bond donors (Lipinski definition) is 0. The number of carbonyl (C=O) groups is 1. The summed E-state index contributed by atoms with van der Waals surface area (Å²) in [6.45, 7) is 2.74. The van der Waals surface area contributed by atoms with E-state index in [1.165, 1.54) is 18.2 Å². The van der Waals surface area contributed by atoms with Crippen LogP contribution in [0.15, 0.2) is 35.1 Å². The maximum absolute atomic E-state index is 13.2. The van der Waals surface area contributed by atoms with Gasteiger partial charge >= 0.3 is 0 Å². The first kappa shape index (κ1) is 13.0. The molecule has 0 aliphatic rings. The van der Waals surface area contributed by atoms with Crippen LogP contribution < -0.4 is 0 Å². The van der Waals surface area contributed by atoms with Crippen LogP contribution in [0.2, 0.25) is 0 Å². The second-order valence-corrected chi connectivity index (χ2v) is 4.75. The van der Waals surface area contributed by atoms with Gasteiger partial charge in [0.25, 0.3) is 0 Å². The second-order valence-electron chi connectivity index (χ2n) is 3.90. The van der Waals surface area contributed by atoms with Crippen LogP contribution in [0.4, 0.5) is 4.39 Å². The van der Waals surface area contributed by atoms with Crippen LogP contribution in [0, 0.1) is 5.82 Å². The van der Waals surface area contributed by atoms with Gasteiger partial charge in [0.15, 0.2) is 5.82 Å². The number of ketones is 1. The fourth-order valence-corrected chi connectivity index (χ4v) is 2.16. The van der Waals surface area contributed by atoms with Crippen molar-refractivity contribution < 1.29 is 9.18 Å². The quantitative estimate of drug-likeness (QED) is 0.811. The number of halogens is 2. The minimum atomic E-state index is -0.435. The van der Waals surface area contributed by atoms with Gasteiger partial charge in [0.05, 0.1) is 0 Å². The lowest BCUT2D eigenvalue weighted by atomic mass is 10.1. The molecule has 0 amide bonds. The SMILES string of the molecule is CCCn1ccnc1C(=O)c1cc(F)ccc1Br. The summed E-state index contributed by atoms with van der Waals surface area (Å²) in [6, 6.07) is 4.05. The molecule has 5 heteroatoms. The zero-order chi connectivity index (χ0) is 13.1. The number of rotatable bonds is 4.